The van der Waals surface area contributed by atoms with E-state index in [1.54, 1.807) is 0 Å². The molecule has 0 aliphatic carbocycles. The molecule has 4 heteroatoms. The Bertz CT molecular complexity index is 475. The van der Waals surface area contributed by atoms with E-state index in [4.69, 9.17) is 5.10 Å². The van der Waals surface area contributed by atoms with Crippen molar-refractivity contribution in [3.8, 4) is 0 Å². The smallest absolute Gasteiger partial charge is 0.305 e. The molecule has 24 heavy (non-hydrogen) atoms. The Kier molecular flexibility index (Phi) is 11.1. The minimum Gasteiger partial charge on any atom is -0.469 e. The van der Waals surface area contributed by atoms with Crippen LogP contribution in [0.3, 0.4) is 0 Å². The molecule has 0 radical (unpaired) electrons. The molecule has 1 rings (SSSR count). The molecular formula is C20H35N2O2+. The molecule has 0 atom stereocenters. The van der Waals surface area contributed by atoms with Gasteiger partial charge in [-0.3, -0.25) is 4.79 Å². The van der Waals surface area contributed by atoms with Crippen molar-refractivity contribution in [2.45, 2.75) is 84.0 Å². The fourth-order valence-corrected chi connectivity index (χ4v) is 2.91. The van der Waals surface area contributed by atoms with Crippen LogP contribution in [0, 0.1) is 0 Å². The highest BCUT2D eigenvalue weighted by atomic mass is 16.5. The van der Waals surface area contributed by atoms with Crippen molar-refractivity contribution >= 4 is 5.97 Å². The Balaban J connectivity index is 2.17. The number of hydrogen-bond donors (Lipinski definition) is 0. The highest BCUT2D eigenvalue weighted by Gasteiger charge is 2.09. The van der Waals surface area contributed by atoms with Gasteiger partial charge in [0.1, 0.15) is 5.69 Å². The summed E-state index contributed by atoms with van der Waals surface area (Å²) in [6.07, 6.45) is 13.5. The van der Waals surface area contributed by atoms with Crippen LogP contribution in [0.5, 0.6) is 0 Å². The molecule has 4 nitrogen and oxygen atoms in total. The number of aromatic nitrogens is 2. The van der Waals surface area contributed by atoms with Crippen LogP contribution in [0.15, 0.2) is 12.1 Å². The van der Waals surface area contributed by atoms with Gasteiger partial charge in [-0.1, -0.05) is 50.1 Å². The number of rotatable bonds is 13. The zero-order valence-electron chi connectivity index (χ0n) is 15.9. The molecule has 0 aliphatic heterocycles. The van der Waals surface area contributed by atoms with Crippen LogP contribution < -0.4 is 4.68 Å². The fraction of sp³-hybridized carbons (Fsp3) is 0.750. The summed E-state index contributed by atoms with van der Waals surface area (Å²) >= 11 is 0. The SMILES string of the molecule is CCCCCCc1ccc(CCCCCCCC(=O)OC)n[n+]1C. The van der Waals surface area contributed by atoms with Gasteiger partial charge in [0.15, 0.2) is 7.05 Å². The van der Waals surface area contributed by atoms with Gasteiger partial charge in [-0.05, 0) is 36.8 Å². The van der Waals surface area contributed by atoms with Crippen LogP contribution in [0.4, 0.5) is 0 Å². The second kappa shape index (κ2) is 12.9. The molecule has 136 valence electrons. The van der Waals surface area contributed by atoms with Crippen LogP contribution in [0.2, 0.25) is 0 Å². The topological polar surface area (TPSA) is 43.1 Å². The Morgan fingerprint density at radius 3 is 2.38 bits per heavy atom. The molecule has 0 aliphatic rings. The summed E-state index contributed by atoms with van der Waals surface area (Å²) < 4.78 is 6.70. The summed E-state index contributed by atoms with van der Waals surface area (Å²) in [7, 11) is 3.51. The first-order valence-corrected chi connectivity index (χ1v) is 9.59. The van der Waals surface area contributed by atoms with E-state index in [0.29, 0.717) is 6.42 Å². The van der Waals surface area contributed by atoms with Gasteiger partial charge in [-0.2, -0.15) is 0 Å². The predicted octanol–water partition coefficient (Wildman–Crippen LogP) is 4.09. The highest BCUT2D eigenvalue weighted by Crippen LogP contribution is 2.09. The summed E-state index contributed by atoms with van der Waals surface area (Å²) in [6.45, 7) is 2.25. The first-order valence-electron chi connectivity index (χ1n) is 9.59. The average molecular weight is 336 g/mol. The number of ether oxygens (including phenoxy) is 1. The van der Waals surface area contributed by atoms with Gasteiger partial charge in [-0.15, -0.1) is 0 Å². The van der Waals surface area contributed by atoms with E-state index in [-0.39, 0.29) is 5.97 Å². The van der Waals surface area contributed by atoms with Crippen LogP contribution in [-0.2, 0) is 29.4 Å². The van der Waals surface area contributed by atoms with Gasteiger partial charge in [0, 0.05) is 18.9 Å². The number of carbonyl (C=O) groups excluding carboxylic acids is 1. The monoisotopic (exact) mass is 335 g/mol. The molecule has 0 fully saturated rings. The van der Waals surface area contributed by atoms with Gasteiger partial charge in [0.25, 0.3) is 0 Å². The summed E-state index contributed by atoms with van der Waals surface area (Å²) in [5, 5.41) is 4.70. The third kappa shape index (κ3) is 8.99. The van der Waals surface area contributed by atoms with E-state index in [2.05, 4.69) is 35.5 Å². The summed E-state index contributed by atoms with van der Waals surface area (Å²) in [5.41, 5.74) is 2.52. The lowest BCUT2D eigenvalue weighted by atomic mass is 10.1. The lowest BCUT2D eigenvalue weighted by Gasteiger charge is -2.03. The van der Waals surface area contributed by atoms with E-state index in [9.17, 15) is 4.79 Å². The summed E-state index contributed by atoms with van der Waals surface area (Å²) in [5.74, 6) is -0.0958. The lowest BCUT2D eigenvalue weighted by molar-refractivity contribution is -0.738. The van der Waals surface area contributed by atoms with Crippen molar-refractivity contribution in [1.82, 2.24) is 5.10 Å². The Labute approximate surface area is 147 Å². The number of unbranched alkanes of at least 4 members (excludes halogenated alkanes) is 7. The van der Waals surface area contributed by atoms with Crippen molar-refractivity contribution in [3.63, 3.8) is 0 Å². The van der Waals surface area contributed by atoms with Crippen LogP contribution in [0.25, 0.3) is 0 Å². The van der Waals surface area contributed by atoms with Gasteiger partial charge in [0.05, 0.1) is 7.11 Å². The third-order valence-electron chi connectivity index (χ3n) is 4.49. The minimum absolute atomic E-state index is 0.0958. The van der Waals surface area contributed by atoms with Crippen molar-refractivity contribution in [2.75, 3.05) is 7.11 Å². The van der Waals surface area contributed by atoms with Crippen molar-refractivity contribution in [3.05, 3.63) is 23.5 Å². The second-order valence-corrected chi connectivity index (χ2v) is 6.59. The Morgan fingerprint density at radius 2 is 1.67 bits per heavy atom. The molecule has 0 N–H and O–H groups in total. The molecule has 1 aromatic rings. The fourth-order valence-electron chi connectivity index (χ4n) is 2.91. The van der Waals surface area contributed by atoms with Gasteiger partial charge < -0.3 is 4.74 Å². The van der Waals surface area contributed by atoms with Crippen molar-refractivity contribution in [2.24, 2.45) is 7.05 Å². The zero-order chi connectivity index (χ0) is 17.6. The lowest BCUT2D eigenvalue weighted by Crippen LogP contribution is -2.38. The maximum Gasteiger partial charge on any atom is 0.305 e. The van der Waals surface area contributed by atoms with Gasteiger partial charge in [0.2, 0.25) is 5.69 Å². The van der Waals surface area contributed by atoms with E-state index in [1.165, 1.54) is 63.4 Å². The minimum atomic E-state index is -0.0958. The molecular weight excluding hydrogens is 300 g/mol. The maximum absolute atomic E-state index is 11.0. The largest absolute Gasteiger partial charge is 0.469 e. The summed E-state index contributed by atoms with van der Waals surface area (Å²) in [6, 6.07) is 4.43. The second-order valence-electron chi connectivity index (χ2n) is 6.59. The maximum atomic E-state index is 11.0. The molecule has 0 saturated heterocycles. The van der Waals surface area contributed by atoms with E-state index < -0.39 is 0 Å². The molecule has 0 unspecified atom stereocenters. The van der Waals surface area contributed by atoms with Crippen LogP contribution in [-0.4, -0.2) is 18.2 Å². The highest BCUT2D eigenvalue weighted by molar-refractivity contribution is 5.68. The molecule has 0 amide bonds. The number of esters is 1. The Hall–Kier alpha value is -1.45. The molecule has 0 aromatic carbocycles. The number of methoxy groups -OCH3 is 1. The summed E-state index contributed by atoms with van der Waals surface area (Å²) in [4.78, 5) is 11.0. The quantitative estimate of drug-likeness (QED) is 0.310. The molecule has 0 saturated carbocycles. The number of hydrogen-bond acceptors (Lipinski definition) is 3. The predicted molar refractivity (Wildman–Crippen MR) is 96.7 cm³/mol. The molecule has 0 spiro atoms. The van der Waals surface area contributed by atoms with Gasteiger partial charge in [-0.25, -0.2) is 0 Å². The first-order chi connectivity index (χ1) is 11.7. The number of aryl methyl sites for hydroxylation is 3. The standard InChI is InChI=1S/C20H35N2O2/c1-4-5-6-11-14-19-17-16-18(21-22(19)2)13-10-8-7-9-12-15-20(23)24-3/h16-17H,4-15H2,1-3H3/q+1. The molecule has 1 aromatic heterocycles. The van der Waals surface area contributed by atoms with Gasteiger partial charge >= 0.3 is 5.97 Å². The Morgan fingerprint density at radius 1 is 1.00 bits per heavy atom. The molecule has 0 bridgehead atoms. The average Bonchev–Trinajstić information content (AvgIpc) is 2.59. The zero-order valence-corrected chi connectivity index (χ0v) is 15.9. The van der Waals surface area contributed by atoms with E-state index in [1.807, 2.05) is 0 Å². The number of nitrogens with zero attached hydrogens (tertiary/aromatic N) is 2. The van der Waals surface area contributed by atoms with E-state index >= 15 is 0 Å². The third-order valence-corrected chi connectivity index (χ3v) is 4.49. The van der Waals surface area contributed by atoms with Crippen molar-refractivity contribution < 1.29 is 14.2 Å². The normalized spacial score (nSPS) is 10.8. The van der Waals surface area contributed by atoms with Crippen molar-refractivity contribution in [1.29, 1.82) is 0 Å². The van der Waals surface area contributed by atoms with Crippen LogP contribution >= 0.6 is 0 Å². The molecule has 1 heterocycles. The first kappa shape index (κ1) is 20.6. The van der Waals surface area contributed by atoms with E-state index in [0.717, 1.165) is 25.7 Å². The van der Waals surface area contributed by atoms with Crippen LogP contribution in [0.1, 0.15) is 82.5 Å². The number of carbonyl (C=O) groups is 1.